The lowest BCUT2D eigenvalue weighted by Crippen LogP contribution is -2.47. The molecule has 10 heteroatoms. The van der Waals surface area contributed by atoms with Gasteiger partial charge in [0.2, 0.25) is 0 Å². The third kappa shape index (κ3) is 3.58. The number of carbonyl (C=O) groups excluding carboxylic acids is 1. The first-order valence-electron chi connectivity index (χ1n) is 10.3. The molecule has 2 fully saturated rings. The summed E-state index contributed by atoms with van der Waals surface area (Å²) in [6.45, 7) is 5.81. The predicted molar refractivity (Wildman–Crippen MR) is 109 cm³/mol. The van der Waals surface area contributed by atoms with Gasteiger partial charge < -0.3 is 14.5 Å². The number of morpholine rings is 1. The molecule has 0 aromatic carbocycles. The minimum absolute atomic E-state index is 0.0749. The highest BCUT2D eigenvalue weighted by Gasteiger charge is 2.27. The van der Waals surface area contributed by atoms with Crippen LogP contribution >= 0.6 is 0 Å². The van der Waals surface area contributed by atoms with Crippen LogP contribution in [0.1, 0.15) is 29.0 Å². The second-order valence-electron chi connectivity index (χ2n) is 7.74. The van der Waals surface area contributed by atoms with Crippen LogP contribution in [0.15, 0.2) is 24.5 Å². The smallest absolute Gasteiger partial charge is 0.272 e. The van der Waals surface area contributed by atoms with Gasteiger partial charge in [-0.1, -0.05) is 11.3 Å². The van der Waals surface area contributed by atoms with E-state index in [2.05, 4.69) is 30.2 Å². The van der Waals surface area contributed by atoms with Gasteiger partial charge in [-0.15, -0.1) is 5.10 Å². The van der Waals surface area contributed by atoms with E-state index in [1.54, 1.807) is 22.0 Å². The molecule has 5 rings (SSSR count). The van der Waals surface area contributed by atoms with E-state index in [0.717, 1.165) is 37.4 Å². The molecule has 2 saturated heterocycles. The molecule has 30 heavy (non-hydrogen) atoms. The Hall–Kier alpha value is -3.14. The molecule has 0 radical (unpaired) electrons. The molecule has 10 nitrogen and oxygen atoms in total. The Morgan fingerprint density at radius 3 is 2.90 bits per heavy atom. The number of ether oxygens (including phenoxy) is 1. The number of rotatable bonds is 4. The van der Waals surface area contributed by atoms with Crippen LogP contribution in [-0.2, 0) is 11.3 Å². The van der Waals surface area contributed by atoms with Crippen LogP contribution in [0.25, 0.3) is 11.2 Å². The minimum atomic E-state index is -0.192. The molecule has 5 heterocycles. The van der Waals surface area contributed by atoms with Gasteiger partial charge in [0.25, 0.3) is 5.91 Å². The molecule has 0 bridgehead atoms. The SMILES string of the molecule is Cc1cccc(C(=O)N2CCO[C@@H](Cn3nnc4c(N5CCCC5)ncnc43)C2)n1. The fourth-order valence-corrected chi connectivity index (χ4v) is 4.09. The summed E-state index contributed by atoms with van der Waals surface area (Å²) in [5.74, 6) is 0.768. The Morgan fingerprint density at radius 1 is 1.20 bits per heavy atom. The summed E-state index contributed by atoms with van der Waals surface area (Å²) < 4.78 is 7.66. The molecule has 3 aromatic rings. The monoisotopic (exact) mass is 408 g/mol. The maximum Gasteiger partial charge on any atom is 0.272 e. The van der Waals surface area contributed by atoms with Crippen LogP contribution < -0.4 is 4.90 Å². The van der Waals surface area contributed by atoms with Gasteiger partial charge in [0.05, 0.1) is 19.3 Å². The van der Waals surface area contributed by atoms with Crippen molar-refractivity contribution in [3.8, 4) is 0 Å². The van der Waals surface area contributed by atoms with Crippen molar-refractivity contribution in [2.75, 3.05) is 37.7 Å². The Balaban J connectivity index is 1.33. The van der Waals surface area contributed by atoms with Crippen LogP contribution in [0.3, 0.4) is 0 Å². The van der Waals surface area contributed by atoms with Gasteiger partial charge in [-0.05, 0) is 31.9 Å². The van der Waals surface area contributed by atoms with E-state index in [1.165, 1.54) is 0 Å². The number of hydrogen-bond donors (Lipinski definition) is 0. The van der Waals surface area contributed by atoms with E-state index in [-0.39, 0.29) is 12.0 Å². The predicted octanol–water partition coefficient (Wildman–Crippen LogP) is 1.07. The lowest BCUT2D eigenvalue weighted by Gasteiger charge is -2.32. The molecule has 1 amide bonds. The number of aromatic nitrogens is 6. The van der Waals surface area contributed by atoms with Crippen molar-refractivity contribution in [3.63, 3.8) is 0 Å². The normalized spacial score (nSPS) is 19.6. The standard InChI is InChI=1S/C20H24N8O2/c1-14-5-4-6-16(23-14)20(29)27-9-10-30-15(11-27)12-28-19-17(24-25-28)18(21-13-22-19)26-7-2-3-8-26/h4-6,13,15H,2-3,7-12H2,1H3/t15-/m1/s1. The average Bonchev–Trinajstić information content (AvgIpc) is 3.44. The Kier molecular flexibility index (Phi) is 4.99. The lowest BCUT2D eigenvalue weighted by atomic mass is 10.2. The molecule has 2 aliphatic heterocycles. The Morgan fingerprint density at radius 2 is 2.07 bits per heavy atom. The van der Waals surface area contributed by atoms with Gasteiger partial charge in [-0.25, -0.2) is 19.6 Å². The van der Waals surface area contributed by atoms with Crippen molar-refractivity contribution in [1.82, 2.24) is 34.8 Å². The lowest BCUT2D eigenvalue weighted by molar-refractivity contribution is -0.0299. The van der Waals surface area contributed by atoms with Gasteiger partial charge in [0.1, 0.15) is 12.0 Å². The quantitative estimate of drug-likeness (QED) is 0.632. The third-order valence-electron chi connectivity index (χ3n) is 5.60. The second-order valence-corrected chi connectivity index (χ2v) is 7.74. The fourth-order valence-electron chi connectivity index (χ4n) is 4.09. The zero-order chi connectivity index (χ0) is 20.5. The number of pyridine rings is 1. The van der Waals surface area contributed by atoms with Gasteiger partial charge in [0.15, 0.2) is 17.0 Å². The molecule has 0 aliphatic carbocycles. The summed E-state index contributed by atoms with van der Waals surface area (Å²) in [6.07, 6.45) is 3.70. The van der Waals surface area contributed by atoms with Crippen LogP contribution in [0.4, 0.5) is 5.82 Å². The van der Waals surface area contributed by atoms with Crippen LogP contribution in [0.2, 0.25) is 0 Å². The first kappa shape index (κ1) is 18.9. The molecular formula is C20H24N8O2. The Bertz CT molecular complexity index is 1060. The highest BCUT2D eigenvalue weighted by atomic mass is 16.5. The number of hydrogen-bond acceptors (Lipinski definition) is 8. The number of fused-ring (bicyclic) bond motifs is 1. The van der Waals surface area contributed by atoms with E-state index < -0.39 is 0 Å². The van der Waals surface area contributed by atoms with Gasteiger partial charge in [0, 0.05) is 31.9 Å². The van der Waals surface area contributed by atoms with E-state index in [1.807, 2.05) is 19.1 Å². The molecule has 2 aliphatic rings. The van der Waals surface area contributed by atoms with Gasteiger partial charge >= 0.3 is 0 Å². The van der Waals surface area contributed by atoms with Crippen molar-refractivity contribution in [2.24, 2.45) is 0 Å². The van der Waals surface area contributed by atoms with Crippen LogP contribution in [0, 0.1) is 6.92 Å². The summed E-state index contributed by atoms with van der Waals surface area (Å²) in [7, 11) is 0. The molecule has 3 aromatic heterocycles. The summed E-state index contributed by atoms with van der Waals surface area (Å²) in [4.78, 5) is 30.1. The van der Waals surface area contributed by atoms with Crippen LogP contribution in [-0.4, -0.2) is 79.6 Å². The maximum absolute atomic E-state index is 12.9. The maximum atomic E-state index is 12.9. The molecule has 0 spiro atoms. The topological polar surface area (TPSA) is 102 Å². The van der Waals surface area contributed by atoms with E-state index >= 15 is 0 Å². The largest absolute Gasteiger partial charge is 0.373 e. The van der Waals surface area contributed by atoms with Crippen molar-refractivity contribution in [1.29, 1.82) is 0 Å². The third-order valence-corrected chi connectivity index (χ3v) is 5.60. The van der Waals surface area contributed by atoms with Gasteiger partial charge in [-0.2, -0.15) is 0 Å². The number of carbonyl (C=O) groups is 1. The molecule has 0 unspecified atom stereocenters. The minimum Gasteiger partial charge on any atom is -0.373 e. The summed E-state index contributed by atoms with van der Waals surface area (Å²) in [5.41, 5.74) is 2.70. The molecule has 0 saturated carbocycles. The molecular weight excluding hydrogens is 384 g/mol. The van der Waals surface area contributed by atoms with Crippen molar-refractivity contribution in [2.45, 2.75) is 32.4 Å². The Labute approximate surface area is 173 Å². The second kappa shape index (κ2) is 7.94. The number of anilines is 1. The highest BCUT2D eigenvalue weighted by molar-refractivity contribution is 5.92. The fraction of sp³-hybridized carbons (Fsp3) is 0.500. The van der Waals surface area contributed by atoms with Gasteiger partial charge in [-0.3, -0.25) is 4.79 Å². The van der Waals surface area contributed by atoms with Crippen LogP contribution in [0.5, 0.6) is 0 Å². The summed E-state index contributed by atoms with van der Waals surface area (Å²) in [6, 6.07) is 5.49. The number of nitrogens with zero attached hydrogens (tertiary/aromatic N) is 8. The zero-order valence-electron chi connectivity index (χ0n) is 16.9. The average molecular weight is 408 g/mol. The number of amides is 1. The molecule has 0 N–H and O–H groups in total. The van der Waals surface area contributed by atoms with Crippen molar-refractivity contribution < 1.29 is 9.53 Å². The van der Waals surface area contributed by atoms with E-state index in [9.17, 15) is 4.79 Å². The first-order valence-corrected chi connectivity index (χ1v) is 10.3. The number of aryl methyl sites for hydroxylation is 1. The van der Waals surface area contributed by atoms with Crippen molar-refractivity contribution >= 4 is 22.9 Å². The first-order chi connectivity index (χ1) is 14.7. The summed E-state index contributed by atoms with van der Waals surface area (Å²) >= 11 is 0. The highest BCUT2D eigenvalue weighted by Crippen LogP contribution is 2.24. The molecule has 1 atom stereocenters. The molecule has 156 valence electrons. The zero-order valence-corrected chi connectivity index (χ0v) is 16.9. The van der Waals surface area contributed by atoms with E-state index in [4.69, 9.17) is 4.74 Å². The van der Waals surface area contributed by atoms with E-state index in [0.29, 0.717) is 43.1 Å². The van der Waals surface area contributed by atoms with Crippen molar-refractivity contribution in [3.05, 3.63) is 35.9 Å². The summed E-state index contributed by atoms with van der Waals surface area (Å²) in [5, 5.41) is 8.64.